The van der Waals surface area contributed by atoms with Gasteiger partial charge in [-0.3, -0.25) is 9.25 Å². The summed E-state index contributed by atoms with van der Waals surface area (Å²) in [5, 5.41) is 17.1. The predicted molar refractivity (Wildman–Crippen MR) is 173 cm³/mol. The third-order valence-electron chi connectivity index (χ3n) is 7.45. The van der Waals surface area contributed by atoms with Crippen LogP contribution >= 0.6 is 12.0 Å². The van der Waals surface area contributed by atoms with Gasteiger partial charge < -0.3 is 14.9 Å². The molecule has 0 radical (unpaired) electrons. The number of benzene rings is 3. The molecule has 1 aromatic heterocycles. The van der Waals surface area contributed by atoms with Crippen LogP contribution in [0.3, 0.4) is 0 Å². The smallest absolute Gasteiger partial charge is 0.213 e. The van der Waals surface area contributed by atoms with Crippen LogP contribution in [-0.2, 0) is 26.7 Å². The monoisotopic (exact) mass is 616 g/mol. The first kappa shape index (κ1) is 31.0. The lowest BCUT2D eigenvalue weighted by Crippen LogP contribution is -2.34. The van der Waals surface area contributed by atoms with Gasteiger partial charge in [-0.05, 0) is 65.1 Å². The van der Waals surface area contributed by atoms with E-state index in [1.54, 1.807) is 6.26 Å². The number of anilines is 1. The zero-order valence-corrected chi connectivity index (χ0v) is 26.3. The summed E-state index contributed by atoms with van der Waals surface area (Å²) in [5.41, 5.74) is 4.42. The first-order valence-electron chi connectivity index (χ1n) is 14.5. The van der Waals surface area contributed by atoms with Gasteiger partial charge in [0.1, 0.15) is 6.54 Å². The molecule has 9 heteroatoms. The number of pyridine rings is 1. The van der Waals surface area contributed by atoms with E-state index in [0.717, 1.165) is 77.7 Å². The van der Waals surface area contributed by atoms with Crippen LogP contribution in [0.15, 0.2) is 101 Å². The van der Waals surface area contributed by atoms with Gasteiger partial charge in [0.25, 0.3) is 0 Å². The Hall–Kier alpha value is -3.47. The van der Waals surface area contributed by atoms with E-state index in [-0.39, 0.29) is 0 Å². The summed E-state index contributed by atoms with van der Waals surface area (Å²) >= 11 is 1.02. The van der Waals surface area contributed by atoms with Crippen LogP contribution in [0, 0.1) is 0 Å². The van der Waals surface area contributed by atoms with Crippen LogP contribution in [0.4, 0.5) is 5.69 Å². The normalized spacial score (nSPS) is 15.1. The van der Waals surface area contributed by atoms with Gasteiger partial charge >= 0.3 is 0 Å². The van der Waals surface area contributed by atoms with E-state index in [0.29, 0.717) is 5.75 Å². The Balaban J connectivity index is 1.45. The number of ether oxygens (including phenoxy) is 1. The number of fused-ring (bicyclic) bond motifs is 4. The number of hydrogen-bond donors (Lipinski definition) is 0. The molecule has 1 aliphatic rings. The van der Waals surface area contributed by atoms with Crippen molar-refractivity contribution in [3.8, 4) is 5.75 Å². The van der Waals surface area contributed by atoms with Crippen LogP contribution in [0.5, 0.6) is 5.75 Å². The number of aromatic nitrogens is 1. The van der Waals surface area contributed by atoms with E-state index in [1.807, 2.05) is 24.3 Å². The predicted octanol–water partition coefficient (Wildman–Crippen LogP) is 6.78. The Morgan fingerprint density at radius 1 is 1.14 bits per heavy atom. The van der Waals surface area contributed by atoms with Crippen LogP contribution in [0.25, 0.3) is 27.8 Å². The molecule has 0 amide bonds. The molecule has 2 heterocycles. The molecule has 224 valence electrons. The molecule has 5 rings (SSSR count). The average molecular weight is 617 g/mol. The molecule has 1 unspecified atom stereocenters. The molecule has 0 N–H and O–H groups in total. The molecule has 1 aliphatic heterocycles. The van der Waals surface area contributed by atoms with Crippen LogP contribution in [0.2, 0.25) is 0 Å². The number of rotatable bonds is 13. The summed E-state index contributed by atoms with van der Waals surface area (Å²) in [6, 6.07) is 20.7. The molecular weight excluding hydrogens is 581 g/mol. The van der Waals surface area contributed by atoms with E-state index in [1.165, 1.54) is 21.7 Å². The van der Waals surface area contributed by atoms with E-state index < -0.39 is 10.8 Å². The molecule has 4 aromatic rings. The Morgan fingerprint density at radius 2 is 2.00 bits per heavy atom. The first-order valence-corrected chi connectivity index (χ1v) is 16.9. The van der Waals surface area contributed by atoms with Gasteiger partial charge in [0.2, 0.25) is 11.4 Å². The number of hydrogen-bond acceptors (Lipinski definition) is 7. The number of aryl methyl sites for hydroxylation is 1. The van der Waals surface area contributed by atoms with Crippen molar-refractivity contribution in [2.45, 2.75) is 44.6 Å². The minimum atomic E-state index is -1.05. The highest BCUT2D eigenvalue weighted by Gasteiger charge is 2.26. The fraction of sp³-hybridized carbons (Fsp3) is 0.265. The molecule has 0 saturated heterocycles. The highest BCUT2D eigenvalue weighted by Crippen LogP contribution is 2.40. The van der Waals surface area contributed by atoms with E-state index in [4.69, 9.17) is 4.74 Å². The topological polar surface area (TPSA) is 74.9 Å². The lowest BCUT2D eigenvalue weighted by atomic mass is 9.99. The van der Waals surface area contributed by atoms with Gasteiger partial charge in [0.15, 0.2) is 11.9 Å². The maximum absolute atomic E-state index is 12.1. The largest absolute Gasteiger partial charge is 0.691 e. The van der Waals surface area contributed by atoms with Crippen LogP contribution in [0.1, 0.15) is 38.7 Å². The van der Waals surface area contributed by atoms with Crippen LogP contribution < -0.4 is 19.5 Å². The Kier molecular flexibility index (Phi) is 10.7. The third kappa shape index (κ3) is 7.20. The van der Waals surface area contributed by atoms with Crippen molar-refractivity contribution in [2.24, 2.45) is 0 Å². The summed E-state index contributed by atoms with van der Waals surface area (Å²) in [4.78, 5) is 2.95. The second-order valence-corrected chi connectivity index (χ2v) is 12.4. The van der Waals surface area contributed by atoms with Gasteiger partial charge in [-0.2, -0.15) is 8.90 Å². The molecule has 7 nitrogen and oxygen atoms in total. The summed E-state index contributed by atoms with van der Waals surface area (Å²) in [6.45, 7) is 5.89. The van der Waals surface area contributed by atoms with Gasteiger partial charge in [-0.15, -0.1) is 0 Å². The third-order valence-corrected chi connectivity index (χ3v) is 8.97. The maximum Gasteiger partial charge on any atom is 0.213 e. The molecule has 0 saturated carbocycles. The second kappa shape index (κ2) is 14.8. The van der Waals surface area contributed by atoms with Crippen molar-refractivity contribution in [1.29, 1.82) is 0 Å². The van der Waals surface area contributed by atoms with Gasteiger partial charge in [-0.25, -0.2) is 0 Å². The summed E-state index contributed by atoms with van der Waals surface area (Å²) in [5.74, 6) is 2.21. The summed E-state index contributed by atoms with van der Waals surface area (Å²) in [7, 11) is -1.05. The van der Waals surface area contributed by atoms with Gasteiger partial charge in [0.05, 0.1) is 11.1 Å². The second-order valence-electron chi connectivity index (χ2n) is 10.2. The lowest BCUT2D eigenvalue weighted by Gasteiger charge is -2.17. The fourth-order valence-corrected chi connectivity index (χ4v) is 6.21. The minimum absolute atomic E-state index is 0.649. The molecular formula is C34H36N2O5S2. The molecule has 0 fully saturated rings. The molecule has 43 heavy (non-hydrogen) atoms. The first-order chi connectivity index (χ1) is 21.0. The zero-order chi connectivity index (χ0) is 30.2. The standard InChI is InChI=1S/C34H36N2O5S2/c1-4-20-36-31-24-28(43(3)38)15-17-32(31)39-33(36)18-12-25(5-2)11-13-27-19-22-35(21-8-23-42-41-40-37)30-16-14-26-9-6-7-10-29(26)34(27)30/h6-7,9-19,22,24H,4-5,8,20-21,23H2,1-3H3. The van der Waals surface area contributed by atoms with Crippen molar-refractivity contribution < 1.29 is 28.1 Å². The van der Waals surface area contributed by atoms with Crippen LogP contribution in [-0.4, -0.2) is 22.8 Å². The maximum atomic E-state index is 12.1. The Morgan fingerprint density at radius 3 is 2.79 bits per heavy atom. The van der Waals surface area contributed by atoms with Crippen molar-refractivity contribution in [2.75, 3.05) is 23.5 Å². The van der Waals surface area contributed by atoms with Crippen molar-refractivity contribution in [3.63, 3.8) is 0 Å². The zero-order valence-electron chi connectivity index (χ0n) is 24.7. The van der Waals surface area contributed by atoms with Crippen molar-refractivity contribution in [3.05, 3.63) is 102 Å². The van der Waals surface area contributed by atoms with Crippen molar-refractivity contribution in [1.82, 2.24) is 0 Å². The Labute approximate surface area is 259 Å². The minimum Gasteiger partial charge on any atom is -0.691 e. The van der Waals surface area contributed by atoms with E-state index in [2.05, 4.69) is 99.6 Å². The molecule has 0 spiro atoms. The molecule has 1 atom stereocenters. The molecule has 3 aromatic carbocycles. The average Bonchev–Trinajstić information content (AvgIpc) is 3.37. The highest BCUT2D eigenvalue weighted by molar-refractivity contribution is 7.94. The number of allylic oxidation sites excluding steroid dienone is 4. The quantitative estimate of drug-likeness (QED) is 0.0312. The summed E-state index contributed by atoms with van der Waals surface area (Å²) < 4.78 is 25.0. The molecule has 0 bridgehead atoms. The van der Waals surface area contributed by atoms with Gasteiger partial charge in [-0.1, -0.05) is 56.3 Å². The van der Waals surface area contributed by atoms with E-state index >= 15 is 0 Å². The van der Waals surface area contributed by atoms with Crippen molar-refractivity contribution >= 4 is 56.3 Å². The highest BCUT2D eigenvalue weighted by atomic mass is 32.2. The number of nitrogens with zero attached hydrogens (tertiary/aromatic N) is 2. The Bertz CT molecular complexity index is 1720. The van der Waals surface area contributed by atoms with E-state index in [9.17, 15) is 9.47 Å². The lowest BCUT2D eigenvalue weighted by molar-refractivity contribution is -0.777. The van der Waals surface area contributed by atoms with Gasteiger partial charge in [0, 0.05) is 64.8 Å². The SMILES string of the molecule is CCCN1/C(=C/C=C(/C=C/c2cc[n+](CCCSOO[O-])c3ccc4ccccc4c23)CC)Oc2ccc(S(C)=O)cc21. The fourth-order valence-electron chi connectivity index (χ4n) is 5.32. The summed E-state index contributed by atoms with van der Waals surface area (Å²) in [6.07, 6.45) is 15.0. The molecule has 0 aliphatic carbocycles.